The van der Waals surface area contributed by atoms with Crippen molar-refractivity contribution in [3.63, 3.8) is 0 Å². The Bertz CT molecular complexity index is 415. The van der Waals surface area contributed by atoms with E-state index in [9.17, 15) is 9.50 Å². The first-order chi connectivity index (χ1) is 9.00. The van der Waals surface area contributed by atoms with Gasteiger partial charge in [0.05, 0.1) is 5.60 Å². The normalized spacial score (nSPS) is 28.4. The molecule has 1 aromatic carbocycles. The van der Waals surface area contributed by atoms with Crippen molar-refractivity contribution < 1.29 is 9.50 Å². The molecular weight excluding hydrogens is 239 g/mol. The third-order valence-corrected chi connectivity index (χ3v) is 4.62. The minimum absolute atomic E-state index is 0.194. The van der Waals surface area contributed by atoms with Crippen LogP contribution in [0.4, 0.5) is 4.39 Å². The molecule has 1 nitrogen and oxygen atoms in total. The summed E-state index contributed by atoms with van der Waals surface area (Å²) in [7, 11) is 0. The van der Waals surface area contributed by atoms with E-state index in [-0.39, 0.29) is 5.82 Å². The Morgan fingerprint density at radius 2 is 2.00 bits per heavy atom. The van der Waals surface area contributed by atoms with E-state index in [1.165, 1.54) is 12.5 Å². The maximum atomic E-state index is 13.7. The molecule has 0 amide bonds. The summed E-state index contributed by atoms with van der Waals surface area (Å²) >= 11 is 0. The molecule has 1 fully saturated rings. The number of hydrogen-bond acceptors (Lipinski definition) is 1. The molecule has 1 saturated carbocycles. The third-order valence-electron chi connectivity index (χ3n) is 4.62. The average Bonchev–Trinajstić information content (AvgIpc) is 2.55. The molecule has 1 N–H and O–H groups in total. The highest BCUT2D eigenvalue weighted by Crippen LogP contribution is 2.36. The van der Waals surface area contributed by atoms with Crippen LogP contribution in [0.2, 0.25) is 0 Å². The van der Waals surface area contributed by atoms with Gasteiger partial charge in [-0.25, -0.2) is 4.39 Å². The molecule has 0 radical (unpaired) electrons. The van der Waals surface area contributed by atoms with Crippen LogP contribution in [0.5, 0.6) is 0 Å². The van der Waals surface area contributed by atoms with Gasteiger partial charge in [0, 0.05) is 6.42 Å². The van der Waals surface area contributed by atoms with Gasteiger partial charge in [0.2, 0.25) is 0 Å². The molecule has 0 saturated heterocycles. The van der Waals surface area contributed by atoms with Crippen molar-refractivity contribution in [2.24, 2.45) is 11.8 Å². The second kappa shape index (κ2) is 6.04. The lowest BCUT2D eigenvalue weighted by molar-refractivity contribution is 0.0229. The highest BCUT2D eigenvalue weighted by atomic mass is 19.1. The molecule has 0 aromatic heterocycles. The summed E-state index contributed by atoms with van der Waals surface area (Å²) in [4.78, 5) is 0. The minimum Gasteiger partial charge on any atom is -0.390 e. The topological polar surface area (TPSA) is 20.2 Å². The molecule has 2 unspecified atom stereocenters. The highest BCUT2D eigenvalue weighted by Gasteiger charge is 2.32. The van der Waals surface area contributed by atoms with E-state index in [2.05, 4.69) is 13.8 Å². The van der Waals surface area contributed by atoms with Crippen molar-refractivity contribution in [2.75, 3.05) is 0 Å². The lowest BCUT2D eigenvalue weighted by atomic mass is 9.85. The molecule has 0 spiro atoms. The number of aliphatic hydroxyl groups is 1. The summed E-state index contributed by atoms with van der Waals surface area (Å²) in [5.74, 6) is 1.19. The van der Waals surface area contributed by atoms with Crippen molar-refractivity contribution in [2.45, 2.75) is 58.0 Å². The van der Waals surface area contributed by atoms with Gasteiger partial charge in [-0.05, 0) is 42.7 Å². The number of halogens is 1. The van der Waals surface area contributed by atoms with Crippen molar-refractivity contribution in [3.05, 3.63) is 35.6 Å². The largest absolute Gasteiger partial charge is 0.390 e. The molecule has 0 aliphatic heterocycles. The molecule has 1 aliphatic carbocycles. The Balaban J connectivity index is 2.05. The summed E-state index contributed by atoms with van der Waals surface area (Å²) in [6.07, 6.45) is 5.34. The zero-order valence-electron chi connectivity index (χ0n) is 12.0. The molecule has 0 heterocycles. The Morgan fingerprint density at radius 1 is 1.26 bits per heavy atom. The second-order valence-electron chi connectivity index (χ2n) is 6.43. The van der Waals surface area contributed by atoms with E-state index < -0.39 is 5.60 Å². The zero-order valence-corrected chi connectivity index (χ0v) is 12.0. The standard InChI is InChI=1S/C17H25FO/c1-13(2)14-7-5-10-17(19,11-9-14)12-15-6-3-4-8-16(15)18/h3-4,6,8,13-14,19H,5,7,9-12H2,1-2H3. The van der Waals surface area contributed by atoms with E-state index in [0.717, 1.165) is 25.7 Å². The van der Waals surface area contributed by atoms with Crippen molar-refractivity contribution in [1.82, 2.24) is 0 Å². The van der Waals surface area contributed by atoms with Crippen molar-refractivity contribution in [1.29, 1.82) is 0 Å². The Kier molecular flexibility index (Phi) is 4.62. The summed E-state index contributed by atoms with van der Waals surface area (Å²) < 4.78 is 13.7. The van der Waals surface area contributed by atoms with Gasteiger partial charge in [0.1, 0.15) is 5.82 Å². The average molecular weight is 264 g/mol. The molecule has 2 heteroatoms. The van der Waals surface area contributed by atoms with Gasteiger partial charge >= 0.3 is 0 Å². The fourth-order valence-corrected chi connectivity index (χ4v) is 3.26. The summed E-state index contributed by atoms with van der Waals surface area (Å²) in [6, 6.07) is 6.81. The van der Waals surface area contributed by atoms with Gasteiger partial charge < -0.3 is 5.11 Å². The van der Waals surface area contributed by atoms with Gasteiger partial charge in [0.15, 0.2) is 0 Å². The van der Waals surface area contributed by atoms with Gasteiger partial charge in [-0.1, -0.05) is 44.9 Å². The number of rotatable bonds is 3. The quantitative estimate of drug-likeness (QED) is 0.805. The number of hydrogen-bond donors (Lipinski definition) is 1. The highest BCUT2D eigenvalue weighted by molar-refractivity contribution is 5.19. The summed E-state index contributed by atoms with van der Waals surface area (Å²) in [6.45, 7) is 4.51. The van der Waals surface area contributed by atoms with E-state index in [1.54, 1.807) is 12.1 Å². The fraction of sp³-hybridized carbons (Fsp3) is 0.647. The minimum atomic E-state index is -0.716. The van der Waals surface area contributed by atoms with Gasteiger partial charge in [-0.15, -0.1) is 0 Å². The van der Waals surface area contributed by atoms with Crippen LogP contribution in [0.1, 0.15) is 51.5 Å². The smallest absolute Gasteiger partial charge is 0.126 e. The Hall–Kier alpha value is -0.890. The molecule has 106 valence electrons. The van der Waals surface area contributed by atoms with E-state index >= 15 is 0 Å². The number of benzene rings is 1. The molecular formula is C17H25FO. The zero-order chi connectivity index (χ0) is 13.9. The van der Waals surface area contributed by atoms with Crippen molar-refractivity contribution >= 4 is 0 Å². The predicted molar refractivity (Wildman–Crippen MR) is 76.5 cm³/mol. The van der Waals surface area contributed by atoms with Gasteiger partial charge in [-0.3, -0.25) is 0 Å². The predicted octanol–water partition coefficient (Wildman–Crippen LogP) is 4.34. The lowest BCUT2D eigenvalue weighted by Crippen LogP contribution is -2.31. The molecule has 1 aliphatic rings. The van der Waals surface area contributed by atoms with Gasteiger partial charge in [0.25, 0.3) is 0 Å². The molecule has 19 heavy (non-hydrogen) atoms. The van der Waals surface area contributed by atoms with Crippen LogP contribution in [0.3, 0.4) is 0 Å². The SMILES string of the molecule is CC(C)C1CCCC(O)(Cc2ccccc2F)CC1. The molecule has 0 bridgehead atoms. The summed E-state index contributed by atoms with van der Waals surface area (Å²) in [5, 5.41) is 10.8. The molecule has 1 aromatic rings. The van der Waals surface area contributed by atoms with Crippen LogP contribution >= 0.6 is 0 Å². The van der Waals surface area contributed by atoms with Crippen LogP contribution < -0.4 is 0 Å². The maximum Gasteiger partial charge on any atom is 0.126 e. The second-order valence-corrected chi connectivity index (χ2v) is 6.43. The van der Waals surface area contributed by atoms with Gasteiger partial charge in [-0.2, -0.15) is 0 Å². The first-order valence-electron chi connectivity index (χ1n) is 7.46. The lowest BCUT2D eigenvalue weighted by Gasteiger charge is -2.27. The van der Waals surface area contributed by atoms with Crippen LogP contribution in [0, 0.1) is 17.7 Å². The maximum absolute atomic E-state index is 13.7. The van der Waals surface area contributed by atoms with Crippen LogP contribution in [-0.4, -0.2) is 10.7 Å². The van der Waals surface area contributed by atoms with E-state index in [0.29, 0.717) is 23.8 Å². The molecule has 2 rings (SSSR count). The van der Waals surface area contributed by atoms with Crippen molar-refractivity contribution in [3.8, 4) is 0 Å². The Labute approximate surface area is 115 Å². The van der Waals surface area contributed by atoms with Crippen LogP contribution in [0.15, 0.2) is 24.3 Å². The summed E-state index contributed by atoms with van der Waals surface area (Å²) in [5.41, 5.74) is -0.0701. The van der Waals surface area contributed by atoms with E-state index in [4.69, 9.17) is 0 Å². The first-order valence-corrected chi connectivity index (χ1v) is 7.46. The third kappa shape index (κ3) is 3.79. The monoisotopic (exact) mass is 264 g/mol. The van der Waals surface area contributed by atoms with Crippen LogP contribution in [-0.2, 0) is 6.42 Å². The van der Waals surface area contributed by atoms with Crippen LogP contribution in [0.25, 0.3) is 0 Å². The fourth-order valence-electron chi connectivity index (χ4n) is 3.26. The first kappa shape index (κ1) is 14.5. The Morgan fingerprint density at radius 3 is 2.68 bits per heavy atom. The molecule has 2 atom stereocenters. The van der Waals surface area contributed by atoms with E-state index in [1.807, 2.05) is 6.07 Å².